The number of carbonyl (C=O) groups is 1. The van der Waals surface area contributed by atoms with Crippen molar-refractivity contribution in [3.63, 3.8) is 0 Å². The van der Waals surface area contributed by atoms with E-state index in [9.17, 15) is 4.79 Å². The second-order valence-corrected chi connectivity index (χ2v) is 5.36. The van der Waals surface area contributed by atoms with Crippen molar-refractivity contribution in [2.45, 2.75) is 0 Å². The van der Waals surface area contributed by atoms with Crippen LogP contribution in [-0.2, 0) is 4.79 Å². The molecule has 3 rings (SSSR count). The molecule has 0 radical (unpaired) electrons. The number of nitrogens with zero attached hydrogens (tertiary/aromatic N) is 1. The van der Waals surface area contributed by atoms with Gasteiger partial charge in [0.15, 0.2) is 5.84 Å². The topological polar surface area (TPSA) is 41.5 Å². The van der Waals surface area contributed by atoms with E-state index < -0.39 is 0 Å². The second-order valence-electron chi connectivity index (χ2n) is 3.98. The van der Waals surface area contributed by atoms with Crippen LogP contribution in [0.25, 0.3) is 6.08 Å². The third-order valence-corrected chi connectivity index (χ3v) is 3.72. The van der Waals surface area contributed by atoms with Crippen molar-refractivity contribution in [1.82, 2.24) is 5.32 Å². The molecule has 0 atom stereocenters. The van der Waals surface area contributed by atoms with Crippen LogP contribution in [0, 0.1) is 0 Å². The number of benzene rings is 1. The number of halogens is 1. The van der Waals surface area contributed by atoms with Gasteiger partial charge in [0.05, 0.1) is 4.88 Å². The molecule has 1 aromatic heterocycles. The summed E-state index contributed by atoms with van der Waals surface area (Å²) in [4.78, 5) is 17.1. The lowest BCUT2D eigenvalue weighted by Gasteiger charge is -1.95. The maximum atomic E-state index is 11.8. The summed E-state index contributed by atoms with van der Waals surface area (Å²) in [6.07, 6.45) is 1.72. The SMILES string of the molecule is O=C1NC(c2cccs2)=N/C1=C/c1cccc(Cl)c1. The van der Waals surface area contributed by atoms with Gasteiger partial charge in [-0.2, -0.15) is 0 Å². The molecule has 0 unspecified atom stereocenters. The fourth-order valence-electron chi connectivity index (χ4n) is 1.75. The summed E-state index contributed by atoms with van der Waals surface area (Å²) in [6, 6.07) is 11.1. The van der Waals surface area contributed by atoms with Crippen molar-refractivity contribution in [2.24, 2.45) is 4.99 Å². The van der Waals surface area contributed by atoms with Gasteiger partial charge in [0.1, 0.15) is 5.70 Å². The monoisotopic (exact) mass is 288 g/mol. The number of thiophene rings is 1. The summed E-state index contributed by atoms with van der Waals surface area (Å²) in [7, 11) is 0. The Bertz CT molecular complexity index is 689. The summed E-state index contributed by atoms with van der Waals surface area (Å²) in [5.41, 5.74) is 1.25. The predicted molar refractivity (Wildman–Crippen MR) is 78.4 cm³/mol. The summed E-state index contributed by atoms with van der Waals surface area (Å²) in [6.45, 7) is 0. The number of amidine groups is 1. The van der Waals surface area contributed by atoms with E-state index in [2.05, 4.69) is 10.3 Å². The fourth-order valence-corrected chi connectivity index (χ4v) is 2.62. The lowest BCUT2D eigenvalue weighted by atomic mass is 10.2. The van der Waals surface area contributed by atoms with Crippen molar-refractivity contribution >= 4 is 40.8 Å². The Hall–Kier alpha value is -1.91. The van der Waals surface area contributed by atoms with Gasteiger partial charge in [0.25, 0.3) is 5.91 Å². The van der Waals surface area contributed by atoms with Crippen LogP contribution in [0.5, 0.6) is 0 Å². The Balaban J connectivity index is 1.95. The average molecular weight is 289 g/mol. The third kappa shape index (κ3) is 2.59. The first-order chi connectivity index (χ1) is 9.22. The fraction of sp³-hybridized carbons (Fsp3) is 0. The van der Waals surface area contributed by atoms with E-state index in [1.165, 1.54) is 11.3 Å². The Morgan fingerprint density at radius 3 is 2.89 bits per heavy atom. The van der Waals surface area contributed by atoms with Crippen molar-refractivity contribution in [2.75, 3.05) is 0 Å². The van der Waals surface area contributed by atoms with E-state index in [0.717, 1.165) is 10.4 Å². The molecular weight excluding hydrogens is 280 g/mol. The molecule has 0 fully saturated rings. The zero-order valence-electron chi connectivity index (χ0n) is 9.76. The third-order valence-electron chi connectivity index (χ3n) is 2.60. The van der Waals surface area contributed by atoms with E-state index in [1.807, 2.05) is 29.6 Å². The van der Waals surface area contributed by atoms with Gasteiger partial charge >= 0.3 is 0 Å². The van der Waals surface area contributed by atoms with E-state index in [1.54, 1.807) is 18.2 Å². The van der Waals surface area contributed by atoms with Gasteiger partial charge in [-0.25, -0.2) is 4.99 Å². The number of aliphatic imine (C=N–C) groups is 1. The standard InChI is InChI=1S/C14H9ClN2OS/c15-10-4-1-3-9(7-10)8-11-14(18)17-13(16-11)12-5-2-6-19-12/h1-8H,(H,16,17,18)/b11-8+. The molecule has 5 heteroatoms. The van der Waals surface area contributed by atoms with Crippen LogP contribution >= 0.6 is 22.9 Å². The van der Waals surface area contributed by atoms with Crippen LogP contribution in [0.4, 0.5) is 0 Å². The van der Waals surface area contributed by atoms with Crippen molar-refractivity contribution in [3.8, 4) is 0 Å². The van der Waals surface area contributed by atoms with Gasteiger partial charge in [-0.3, -0.25) is 4.79 Å². The lowest BCUT2D eigenvalue weighted by molar-refractivity contribution is -0.115. The molecule has 1 aliphatic heterocycles. The second kappa shape index (κ2) is 4.99. The van der Waals surface area contributed by atoms with Crippen molar-refractivity contribution in [1.29, 1.82) is 0 Å². The number of carbonyl (C=O) groups excluding carboxylic acids is 1. The van der Waals surface area contributed by atoms with Gasteiger partial charge in [-0.05, 0) is 35.2 Å². The molecule has 1 aromatic carbocycles. The predicted octanol–water partition coefficient (Wildman–Crippen LogP) is 3.32. The van der Waals surface area contributed by atoms with Gasteiger partial charge in [-0.1, -0.05) is 29.8 Å². The summed E-state index contributed by atoms with van der Waals surface area (Å²) >= 11 is 7.45. The number of amides is 1. The Labute approximate surface area is 119 Å². The molecule has 0 saturated carbocycles. The number of hydrogen-bond donors (Lipinski definition) is 1. The minimum Gasteiger partial charge on any atom is -0.304 e. The van der Waals surface area contributed by atoms with Crippen LogP contribution in [-0.4, -0.2) is 11.7 Å². The highest BCUT2D eigenvalue weighted by Gasteiger charge is 2.21. The van der Waals surface area contributed by atoms with E-state index in [4.69, 9.17) is 11.6 Å². The Morgan fingerprint density at radius 2 is 2.16 bits per heavy atom. The molecule has 3 nitrogen and oxygen atoms in total. The normalized spacial score (nSPS) is 16.6. The van der Waals surface area contributed by atoms with Crippen molar-refractivity contribution in [3.05, 3.63) is 62.9 Å². The molecule has 2 aromatic rings. The number of nitrogens with one attached hydrogen (secondary N) is 1. The van der Waals surface area contributed by atoms with E-state index in [-0.39, 0.29) is 5.91 Å². The minimum absolute atomic E-state index is 0.191. The Morgan fingerprint density at radius 1 is 1.26 bits per heavy atom. The first-order valence-corrected chi connectivity index (χ1v) is 6.89. The number of rotatable bonds is 2. The molecule has 0 saturated heterocycles. The lowest BCUT2D eigenvalue weighted by Crippen LogP contribution is -2.23. The highest BCUT2D eigenvalue weighted by Crippen LogP contribution is 2.19. The smallest absolute Gasteiger partial charge is 0.275 e. The van der Waals surface area contributed by atoms with Crippen LogP contribution in [0.2, 0.25) is 5.02 Å². The molecule has 94 valence electrons. The first-order valence-electron chi connectivity index (χ1n) is 5.63. The zero-order chi connectivity index (χ0) is 13.2. The van der Waals surface area contributed by atoms with Gasteiger partial charge < -0.3 is 5.32 Å². The molecule has 0 spiro atoms. The number of hydrogen-bond acceptors (Lipinski definition) is 3. The summed E-state index contributed by atoms with van der Waals surface area (Å²) in [5, 5.41) is 5.34. The van der Waals surface area contributed by atoms with Crippen LogP contribution in [0.3, 0.4) is 0 Å². The van der Waals surface area contributed by atoms with Crippen LogP contribution in [0.1, 0.15) is 10.4 Å². The van der Waals surface area contributed by atoms with Gasteiger partial charge in [-0.15, -0.1) is 11.3 Å². The van der Waals surface area contributed by atoms with Crippen molar-refractivity contribution < 1.29 is 4.79 Å². The highest BCUT2D eigenvalue weighted by atomic mass is 35.5. The molecule has 2 heterocycles. The minimum atomic E-state index is -0.191. The maximum Gasteiger partial charge on any atom is 0.275 e. The van der Waals surface area contributed by atoms with Crippen LogP contribution in [0.15, 0.2) is 52.5 Å². The van der Waals surface area contributed by atoms with Gasteiger partial charge in [0, 0.05) is 5.02 Å². The molecule has 19 heavy (non-hydrogen) atoms. The van der Waals surface area contributed by atoms with E-state index >= 15 is 0 Å². The Kier molecular flexibility index (Phi) is 3.19. The van der Waals surface area contributed by atoms with Gasteiger partial charge in [0.2, 0.25) is 0 Å². The molecule has 1 N–H and O–H groups in total. The molecule has 0 aliphatic carbocycles. The molecule has 1 aliphatic rings. The average Bonchev–Trinajstić information content (AvgIpc) is 3.00. The summed E-state index contributed by atoms with van der Waals surface area (Å²) < 4.78 is 0. The maximum absolute atomic E-state index is 11.8. The molecule has 0 bridgehead atoms. The molecular formula is C14H9ClN2OS. The first kappa shape index (κ1) is 12.1. The highest BCUT2D eigenvalue weighted by molar-refractivity contribution is 7.12. The zero-order valence-corrected chi connectivity index (χ0v) is 11.3. The van der Waals surface area contributed by atoms with Crippen LogP contribution < -0.4 is 5.32 Å². The summed E-state index contributed by atoms with van der Waals surface area (Å²) in [5.74, 6) is 0.414. The van der Waals surface area contributed by atoms with E-state index in [0.29, 0.717) is 16.6 Å². The molecule has 1 amide bonds. The quantitative estimate of drug-likeness (QED) is 0.846. The largest absolute Gasteiger partial charge is 0.304 e.